The minimum atomic E-state index is -2.00. The van der Waals surface area contributed by atoms with Gasteiger partial charge < -0.3 is 9.62 Å². The minimum Gasteiger partial charge on any atom is -0.618 e. The molecule has 111 valence electrons. The lowest BCUT2D eigenvalue weighted by atomic mass is 9.97. The summed E-state index contributed by atoms with van der Waals surface area (Å²) in [5.41, 5.74) is -0.955. The zero-order valence-electron chi connectivity index (χ0n) is 12.1. The highest BCUT2D eigenvalue weighted by Crippen LogP contribution is 2.37. The number of furan rings is 1. The molecule has 0 saturated carbocycles. The summed E-state index contributed by atoms with van der Waals surface area (Å²) in [6.07, 6.45) is 1.45. The Morgan fingerprint density at radius 1 is 1.35 bits per heavy atom. The van der Waals surface area contributed by atoms with Crippen LogP contribution in [0.4, 0.5) is 0 Å². The summed E-state index contributed by atoms with van der Waals surface area (Å²) in [4.78, 5) is 0. The van der Waals surface area contributed by atoms with E-state index < -0.39 is 11.6 Å². The zero-order valence-corrected chi connectivity index (χ0v) is 12.1. The van der Waals surface area contributed by atoms with Crippen molar-refractivity contribution < 1.29 is 23.8 Å². The van der Waals surface area contributed by atoms with Gasteiger partial charge in [0.15, 0.2) is 5.76 Å². The van der Waals surface area contributed by atoms with E-state index >= 15 is 0 Å². The smallest absolute Gasteiger partial charge is 0.495 e. The monoisotopic (exact) mass is 283 g/mol. The molecule has 0 bridgehead atoms. The first kappa shape index (κ1) is 15.0. The van der Waals surface area contributed by atoms with E-state index in [1.54, 1.807) is 39.8 Å². The van der Waals surface area contributed by atoms with Crippen LogP contribution in [0.1, 0.15) is 33.5 Å². The average Bonchev–Trinajstić information content (AvgIpc) is 2.94. The second-order valence-electron chi connectivity index (χ2n) is 4.89. The van der Waals surface area contributed by atoms with Crippen molar-refractivity contribution in [2.75, 3.05) is 13.2 Å². The quantitative estimate of drug-likeness (QED) is 0.467. The van der Waals surface area contributed by atoms with Crippen LogP contribution >= 0.6 is 0 Å². The molecule has 0 aromatic carbocycles. The third kappa shape index (κ3) is 1.94. The number of rotatable bonds is 5. The molecule has 20 heavy (non-hydrogen) atoms. The van der Waals surface area contributed by atoms with Crippen molar-refractivity contribution in [2.24, 2.45) is 0 Å². The van der Waals surface area contributed by atoms with Crippen LogP contribution in [0, 0.1) is 5.21 Å². The second-order valence-corrected chi connectivity index (χ2v) is 4.89. The van der Waals surface area contributed by atoms with Crippen LogP contribution in [-0.4, -0.2) is 40.3 Å². The molecule has 0 amide bonds. The second kappa shape index (κ2) is 5.17. The summed E-state index contributed by atoms with van der Waals surface area (Å²) in [6.45, 7) is 6.98. The van der Waals surface area contributed by atoms with Crippen molar-refractivity contribution in [1.82, 2.24) is 5.06 Å². The molecule has 2 rings (SSSR count). The highest BCUT2D eigenvalue weighted by atomic mass is 16.8. The molecule has 7 nitrogen and oxygen atoms in total. The molecule has 0 fully saturated rings. The van der Waals surface area contributed by atoms with Crippen LogP contribution in [0.2, 0.25) is 0 Å². The third-order valence-corrected chi connectivity index (χ3v) is 3.22. The average molecular weight is 283 g/mol. The number of hydroxylamine groups is 3. The van der Waals surface area contributed by atoms with Crippen LogP contribution in [0.3, 0.4) is 0 Å². The number of hydrogen-bond acceptors (Lipinski definition) is 5. The van der Waals surface area contributed by atoms with Crippen molar-refractivity contribution in [3.8, 4) is 0 Å². The fourth-order valence-corrected chi connectivity index (χ4v) is 2.39. The molecule has 0 N–H and O–H groups in total. The largest absolute Gasteiger partial charge is 0.618 e. The molecule has 0 saturated heterocycles. The van der Waals surface area contributed by atoms with Crippen molar-refractivity contribution >= 4 is 5.71 Å². The fourth-order valence-electron chi connectivity index (χ4n) is 2.39. The van der Waals surface area contributed by atoms with Crippen LogP contribution in [-0.2, 0) is 14.7 Å². The van der Waals surface area contributed by atoms with Crippen LogP contribution in [0.5, 0.6) is 0 Å². The predicted octanol–water partition coefficient (Wildman–Crippen LogP) is 1.70. The maximum atomic E-state index is 12.7. The first-order chi connectivity index (χ1) is 9.41. The Hall–Kier alpha value is -1.41. The Morgan fingerprint density at radius 2 is 1.95 bits per heavy atom. The minimum absolute atomic E-state index is 0.166. The molecule has 1 aliphatic rings. The molecule has 0 spiro atoms. The molecule has 0 atom stereocenters. The lowest BCUT2D eigenvalue weighted by Gasteiger charge is -2.30. The summed E-state index contributed by atoms with van der Waals surface area (Å²) in [6, 6.07) is 1.28. The van der Waals surface area contributed by atoms with E-state index in [0.29, 0.717) is 15.6 Å². The first-order valence-corrected chi connectivity index (χ1v) is 6.55. The SMILES string of the molecule is CCOC1(OCC)N([O])C(C)(C)C(c2ccco2)=[N+]1[O-]. The Bertz CT molecular complexity index is 489. The van der Waals surface area contributed by atoms with Crippen LogP contribution in [0.15, 0.2) is 22.8 Å². The topological polar surface area (TPSA) is 80.8 Å². The highest BCUT2D eigenvalue weighted by Gasteiger charge is 2.67. The first-order valence-electron chi connectivity index (χ1n) is 6.55. The summed E-state index contributed by atoms with van der Waals surface area (Å²) in [5.74, 6) is 0.326. The van der Waals surface area contributed by atoms with E-state index in [0.717, 1.165) is 0 Å². The molecular weight excluding hydrogens is 264 g/mol. The van der Waals surface area contributed by atoms with Gasteiger partial charge in [0.25, 0.3) is 5.71 Å². The van der Waals surface area contributed by atoms with E-state index in [1.165, 1.54) is 6.26 Å². The van der Waals surface area contributed by atoms with Crippen molar-refractivity contribution in [2.45, 2.75) is 39.3 Å². The molecule has 7 heteroatoms. The van der Waals surface area contributed by atoms with Gasteiger partial charge in [0.2, 0.25) is 0 Å². The van der Waals surface area contributed by atoms with Gasteiger partial charge in [-0.05, 0) is 44.9 Å². The zero-order chi connectivity index (χ0) is 15.0. The van der Waals surface area contributed by atoms with E-state index in [9.17, 15) is 10.4 Å². The third-order valence-electron chi connectivity index (χ3n) is 3.22. The molecule has 0 aliphatic carbocycles. The maximum absolute atomic E-state index is 12.7. The van der Waals surface area contributed by atoms with Gasteiger partial charge in [0.05, 0.1) is 19.5 Å². The van der Waals surface area contributed by atoms with E-state index in [2.05, 4.69) is 0 Å². The molecule has 1 aliphatic heterocycles. The summed E-state index contributed by atoms with van der Waals surface area (Å²) < 4.78 is 16.5. The van der Waals surface area contributed by atoms with Crippen molar-refractivity contribution in [3.63, 3.8) is 0 Å². The molecule has 2 heterocycles. The van der Waals surface area contributed by atoms with Gasteiger partial charge in [-0.15, -0.1) is 9.95 Å². The number of nitrogens with zero attached hydrogens (tertiary/aromatic N) is 2. The maximum Gasteiger partial charge on any atom is 0.495 e. The lowest BCUT2D eigenvalue weighted by Crippen LogP contribution is -2.57. The van der Waals surface area contributed by atoms with E-state index in [-0.39, 0.29) is 18.9 Å². The normalized spacial score (nSPS) is 21.6. The Morgan fingerprint density at radius 3 is 2.40 bits per heavy atom. The standard InChI is InChI=1S/C13H19N2O5/c1-5-19-13(20-6-2)14(16)11(10-8-7-9-18-10)12(3,4)15(13)17/h7-9H,5-6H2,1-4H3. The Balaban J connectivity index is 2.60. The van der Waals surface area contributed by atoms with Gasteiger partial charge >= 0.3 is 6.03 Å². The van der Waals surface area contributed by atoms with Crippen molar-refractivity contribution in [3.05, 3.63) is 29.4 Å². The van der Waals surface area contributed by atoms with Crippen LogP contribution < -0.4 is 0 Å². The predicted molar refractivity (Wildman–Crippen MR) is 69.0 cm³/mol. The van der Waals surface area contributed by atoms with Crippen LogP contribution in [0.25, 0.3) is 0 Å². The van der Waals surface area contributed by atoms with Gasteiger partial charge in [-0.25, -0.2) is 0 Å². The van der Waals surface area contributed by atoms with Gasteiger partial charge in [-0.3, -0.25) is 9.47 Å². The molecular formula is C13H19N2O5. The van der Waals surface area contributed by atoms with E-state index in [4.69, 9.17) is 13.9 Å². The van der Waals surface area contributed by atoms with Crippen molar-refractivity contribution in [1.29, 1.82) is 0 Å². The van der Waals surface area contributed by atoms with Gasteiger partial charge in [0, 0.05) is 0 Å². The van der Waals surface area contributed by atoms with Gasteiger partial charge in [-0.2, -0.15) is 0 Å². The van der Waals surface area contributed by atoms with Gasteiger partial charge in [-0.1, -0.05) is 0 Å². The molecule has 0 unspecified atom stereocenters. The van der Waals surface area contributed by atoms with E-state index in [1.807, 2.05) is 0 Å². The Labute approximate surface area is 117 Å². The van der Waals surface area contributed by atoms with Gasteiger partial charge in [0.1, 0.15) is 5.54 Å². The molecule has 1 aromatic rings. The molecule has 1 aromatic heterocycles. The highest BCUT2D eigenvalue weighted by molar-refractivity contribution is 6.02. The summed E-state index contributed by atoms with van der Waals surface area (Å²) in [5, 5.41) is 25.8. The summed E-state index contributed by atoms with van der Waals surface area (Å²) in [7, 11) is 0. The Kier molecular flexibility index (Phi) is 3.88. The lowest BCUT2D eigenvalue weighted by molar-refractivity contribution is -0.727. The molecule has 1 radical (unpaired) electrons. The number of ether oxygens (including phenoxy) is 2. The number of hydrogen-bond donors (Lipinski definition) is 0. The fraction of sp³-hybridized carbons (Fsp3) is 0.615. The summed E-state index contributed by atoms with van der Waals surface area (Å²) >= 11 is 0.